The number of hydrogen-bond donors (Lipinski definition) is 0. The van der Waals surface area contributed by atoms with E-state index in [0.717, 1.165) is 5.69 Å². The molecule has 2 aliphatic rings. The van der Waals surface area contributed by atoms with E-state index in [9.17, 15) is 13.6 Å². The first kappa shape index (κ1) is 18.8. The van der Waals surface area contributed by atoms with Crippen LogP contribution in [0.4, 0.5) is 14.6 Å². The van der Waals surface area contributed by atoms with Gasteiger partial charge in [-0.1, -0.05) is 0 Å². The number of aryl methyl sites for hydroxylation is 2. The average Bonchev–Trinajstić information content (AvgIpc) is 3.26. The highest BCUT2D eigenvalue weighted by atomic mass is 19.3. The van der Waals surface area contributed by atoms with Gasteiger partial charge in [-0.2, -0.15) is 10.2 Å². The molecule has 0 aliphatic carbocycles. The molecule has 150 valence electrons. The van der Waals surface area contributed by atoms with Crippen molar-refractivity contribution in [1.82, 2.24) is 24.9 Å². The molecule has 2 aromatic rings. The van der Waals surface area contributed by atoms with Crippen LogP contribution in [0.2, 0.25) is 0 Å². The van der Waals surface area contributed by atoms with Gasteiger partial charge < -0.3 is 9.80 Å². The summed E-state index contributed by atoms with van der Waals surface area (Å²) in [5.41, 5.74) is 0.186. The molecule has 2 aromatic heterocycles. The summed E-state index contributed by atoms with van der Waals surface area (Å²) in [5, 5.41) is 12.4. The fourth-order valence-electron chi connectivity index (χ4n) is 4.19. The lowest BCUT2D eigenvalue weighted by atomic mass is 9.75. The fourth-order valence-corrected chi connectivity index (χ4v) is 4.19. The molecule has 0 radical (unpaired) electrons. The molecule has 9 heteroatoms. The predicted octanol–water partition coefficient (Wildman–Crippen LogP) is 1.83. The minimum Gasteiger partial charge on any atom is -0.354 e. The van der Waals surface area contributed by atoms with Crippen molar-refractivity contribution in [3.05, 3.63) is 35.8 Å². The van der Waals surface area contributed by atoms with Crippen LogP contribution in [0.15, 0.2) is 24.4 Å². The van der Waals surface area contributed by atoms with Crippen molar-refractivity contribution in [2.24, 2.45) is 12.5 Å². The molecule has 7 nitrogen and oxygen atoms in total. The molecule has 0 N–H and O–H groups in total. The number of hydrogen-bond acceptors (Lipinski definition) is 5. The summed E-state index contributed by atoms with van der Waals surface area (Å²) in [6.45, 7) is 2.62. The fraction of sp³-hybridized carbons (Fsp3) is 0.579. The van der Waals surface area contributed by atoms with Crippen LogP contribution >= 0.6 is 0 Å². The van der Waals surface area contributed by atoms with Gasteiger partial charge in [-0.3, -0.25) is 9.48 Å². The number of likely N-dealkylation sites (tertiary alicyclic amines) is 1. The highest BCUT2D eigenvalue weighted by Gasteiger charge is 2.60. The van der Waals surface area contributed by atoms with Crippen LogP contribution in [0, 0.1) is 12.3 Å². The van der Waals surface area contributed by atoms with Gasteiger partial charge in [0.05, 0.1) is 23.2 Å². The second-order valence-electron chi connectivity index (χ2n) is 7.91. The van der Waals surface area contributed by atoms with Crippen LogP contribution in [-0.2, 0) is 18.3 Å². The van der Waals surface area contributed by atoms with E-state index >= 15 is 0 Å². The molecule has 1 atom stereocenters. The highest BCUT2D eigenvalue weighted by Crippen LogP contribution is 2.50. The van der Waals surface area contributed by atoms with Crippen molar-refractivity contribution < 1.29 is 13.6 Å². The maximum atomic E-state index is 15.0. The topological polar surface area (TPSA) is 67.2 Å². The van der Waals surface area contributed by atoms with Crippen molar-refractivity contribution in [3.63, 3.8) is 0 Å². The van der Waals surface area contributed by atoms with Gasteiger partial charge in [0.1, 0.15) is 0 Å². The number of amides is 1. The summed E-state index contributed by atoms with van der Waals surface area (Å²) >= 11 is 0. The lowest BCUT2D eigenvalue weighted by molar-refractivity contribution is -0.168. The molecule has 0 unspecified atom stereocenters. The zero-order valence-electron chi connectivity index (χ0n) is 16.1. The largest absolute Gasteiger partial charge is 0.354 e. The molecule has 0 bridgehead atoms. The Labute approximate surface area is 162 Å². The maximum absolute atomic E-state index is 15.0. The van der Waals surface area contributed by atoms with E-state index in [1.807, 2.05) is 24.0 Å². The monoisotopic (exact) mass is 390 g/mol. The molecular weight excluding hydrogens is 366 g/mol. The van der Waals surface area contributed by atoms with Crippen LogP contribution < -0.4 is 4.90 Å². The first-order valence-electron chi connectivity index (χ1n) is 9.47. The van der Waals surface area contributed by atoms with Gasteiger partial charge in [0.15, 0.2) is 5.82 Å². The Morgan fingerprint density at radius 3 is 2.64 bits per heavy atom. The molecular formula is C19H24F2N6O. The Kier molecular flexibility index (Phi) is 4.55. The number of piperidine rings is 1. The van der Waals surface area contributed by atoms with E-state index in [-0.39, 0.29) is 38.4 Å². The Balaban J connectivity index is 1.50. The molecule has 4 rings (SSSR count). The molecule has 2 saturated heterocycles. The number of aromatic nitrogens is 4. The van der Waals surface area contributed by atoms with E-state index < -0.39 is 11.3 Å². The van der Waals surface area contributed by atoms with Crippen LogP contribution in [0.1, 0.15) is 24.2 Å². The summed E-state index contributed by atoms with van der Waals surface area (Å²) in [7, 11) is 1.78. The Morgan fingerprint density at radius 2 is 1.96 bits per heavy atom. The van der Waals surface area contributed by atoms with Gasteiger partial charge in [-0.25, -0.2) is 8.78 Å². The first-order chi connectivity index (χ1) is 13.3. The van der Waals surface area contributed by atoms with Crippen molar-refractivity contribution in [1.29, 1.82) is 0 Å². The zero-order valence-corrected chi connectivity index (χ0v) is 16.1. The van der Waals surface area contributed by atoms with Gasteiger partial charge in [-0.15, -0.1) is 5.10 Å². The van der Waals surface area contributed by atoms with Crippen LogP contribution in [0.25, 0.3) is 0 Å². The second-order valence-corrected chi connectivity index (χ2v) is 7.91. The van der Waals surface area contributed by atoms with E-state index in [4.69, 9.17) is 0 Å². The van der Waals surface area contributed by atoms with Gasteiger partial charge in [0.2, 0.25) is 5.91 Å². The molecule has 0 aromatic carbocycles. The summed E-state index contributed by atoms with van der Waals surface area (Å²) < 4.78 is 31.6. The summed E-state index contributed by atoms with van der Waals surface area (Å²) in [5.74, 6) is -2.36. The minimum absolute atomic E-state index is 0.0570. The van der Waals surface area contributed by atoms with Crippen LogP contribution in [0.5, 0.6) is 0 Å². The molecule has 2 fully saturated rings. The SMILES string of the molecule is Cc1ccc(N2CC[C@]3(CN(C(=O)Cc4ccn(C)n4)CCC3(F)F)C2)nn1. The Bertz CT molecular complexity index is 868. The smallest absolute Gasteiger partial charge is 0.258 e. The quantitative estimate of drug-likeness (QED) is 0.800. The van der Waals surface area contributed by atoms with Crippen molar-refractivity contribution in [2.45, 2.75) is 32.1 Å². The second kappa shape index (κ2) is 6.79. The molecule has 28 heavy (non-hydrogen) atoms. The maximum Gasteiger partial charge on any atom is 0.258 e. The number of carbonyl (C=O) groups excluding carboxylic acids is 1. The number of halogens is 2. The third-order valence-corrected chi connectivity index (χ3v) is 5.88. The summed E-state index contributed by atoms with van der Waals surface area (Å²) in [6.07, 6.45) is 1.92. The Morgan fingerprint density at radius 1 is 1.14 bits per heavy atom. The van der Waals surface area contributed by atoms with Crippen molar-refractivity contribution >= 4 is 11.7 Å². The number of rotatable bonds is 3. The van der Waals surface area contributed by atoms with E-state index in [0.29, 0.717) is 24.5 Å². The number of alkyl halides is 2. The predicted molar refractivity (Wildman–Crippen MR) is 99.1 cm³/mol. The van der Waals surface area contributed by atoms with Gasteiger partial charge >= 0.3 is 0 Å². The van der Waals surface area contributed by atoms with Gasteiger partial charge in [-0.05, 0) is 31.5 Å². The van der Waals surface area contributed by atoms with E-state index in [1.165, 1.54) is 0 Å². The zero-order chi connectivity index (χ0) is 19.9. The standard InChI is InChI=1S/C19H24F2N6O/c1-14-3-4-16(23-22-14)26-9-6-18(12-26)13-27(10-7-19(18,20)21)17(28)11-15-5-8-25(2)24-15/h3-5,8H,6-7,9-13H2,1-2H3/t18-/m1/s1. The molecule has 0 saturated carbocycles. The summed E-state index contributed by atoms with van der Waals surface area (Å²) in [4.78, 5) is 16.1. The van der Waals surface area contributed by atoms with Gasteiger partial charge in [0, 0.05) is 45.8 Å². The number of nitrogens with zero attached hydrogens (tertiary/aromatic N) is 6. The molecule has 4 heterocycles. The van der Waals surface area contributed by atoms with E-state index in [1.54, 1.807) is 28.9 Å². The molecule has 1 spiro atoms. The van der Waals surface area contributed by atoms with Crippen molar-refractivity contribution in [2.75, 3.05) is 31.1 Å². The normalized spacial score (nSPS) is 24.1. The van der Waals surface area contributed by atoms with Crippen LogP contribution in [-0.4, -0.2) is 62.9 Å². The number of carbonyl (C=O) groups is 1. The third kappa shape index (κ3) is 3.33. The lowest BCUT2D eigenvalue weighted by Gasteiger charge is -2.45. The third-order valence-electron chi connectivity index (χ3n) is 5.88. The highest BCUT2D eigenvalue weighted by molar-refractivity contribution is 5.78. The lowest BCUT2D eigenvalue weighted by Crippen LogP contribution is -2.58. The molecule has 1 amide bonds. The molecule has 2 aliphatic heterocycles. The Hall–Kier alpha value is -2.58. The minimum atomic E-state index is -2.82. The number of anilines is 1. The summed E-state index contributed by atoms with van der Waals surface area (Å²) in [6, 6.07) is 5.42. The first-order valence-corrected chi connectivity index (χ1v) is 9.47. The van der Waals surface area contributed by atoms with Crippen LogP contribution in [0.3, 0.4) is 0 Å². The van der Waals surface area contributed by atoms with E-state index in [2.05, 4.69) is 15.3 Å². The average molecular weight is 390 g/mol. The van der Waals surface area contributed by atoms with Crippen molar-refractivity contribution in [3.8, 4) is 0 Å². The van der Waals surface area contributed by atoms with Gasteiger partial charge in [0.25, 0.3) is 5.92 Å².